The molecule has 1 aliphatic rings. The van der Waals surface area contributed by atoms with Crippen LogP contribution in [0.25, 0.3) is 0 Å². The van der Waals surface area contributed by atoms with Crippen LogP contribution in [0, 0.1) is 5.82 Å². The average Bonchev–Trinajstić information content (AvgIpc) is 2.70. The first kappa shape index (κ1) is 23.1. The lowest BCUT2D eigenvalue weighted by Gasteiger charge is -2.38. The van der Waals surface area contributed by atoms with Gasteiger partial charge in [0, 0.05) is 48.8 Å². The van der Waals surface area contributed by atoms with E-state index in [2.05, 4.69) is 55.8 Å². The molecule has 4 nitrogen and oxygen atoms in total. The number of guanidine groups is 1. The van der Waals surface area contributed by atoms with Crippen molar-refractivity contribution in [3.05, 3.63) is 69.9 Å². The second-order valence-electron chi connectivity index (χ2n) is 6.77. The fraction of sp³-hybridized carbons (Fsp3) is 0.381. The van der Waals surface area contributed by atoms with Gasteiger partial charge in [0.2, 0.25) is 0 Å². The number of rotatable bonds is 5. The van der Waals surface area contributed by atoms with Gasteiger partial charge in [-0.05, 0) is 36.6 Å². The highest BCUT2D eigenvalue weighted by molar-refractivity contribution is 14.0. The van der Waals surface area contributed by atoms with E-state index in [-0.39, 0.29) is 35.2 Å². The minimum atomic E-state index is -0.212. The fourth-order valence-corrected chi connectivity index (χ4v) is 3.69. The molecular formula is C21H26BrFIN3O. The Morgan fingerprint density at radius 1 is 1.11 bits per heavy atom. The SMILES string of the molecule is CN=C(NCc1ccccc1F)NCC1(c2ccc(Br)cc2)CCOCC1.I. The Morgan fingerprint density at radius 2 is 1.79 bits per heavy atom. The van der Waals surface area contributed by atoms with Crippen LogP contribution < -0.4 is 10.6 Å². The van der Waals surface area contributed by atoms with Crippen LogP contribution in [0.15, 0.2) is 58.0 Å². The monoisotopic (exact) mass is 561 g/mol. The molecule has 28 heavy (non-hydrogen) atoms. The maximum Gasteiger partial charge on any atom is 0.191 e. The van der Waals surface area contributed by atoms with Crippen LogP contribution in [0.4, 0.5) is 4.39 Å². The molecule has 0 spiro atoms. The third-order valence-corrected chi connectivity index (χ3v) is 5.66. The van der Waals surface area contributed by atoms with Crippen molar-refractivity contribution in [2.24, 2.45) is 4.99 Å². The van der Waals surface area contributed by atoms with Gasteiger partial charge in [-0.15, -0.1) is 24.0 Å². The molecule has 1 fully saturated rings. The molecule has 1 aliphatic heterocycles. The molecule has 2 N–H and O–H groups in total. The molecule has 0 bridgehead atoms. The van der Waals surface area contributed by atoms with Gasteiger partial charge in [0.1, 0.15) is 5.82 Å². The summed E-state index contributed by atoms with van der Waals surface area (Å²) in [6.45, 7) is 2.63. The van der Waals surface area contributed by atoms with Gasteiger partial charge >= 0.3 is 0 Å². The predicted octanol–water partition coefficient (Wildman–Crippen LogP) is 4.62. The van der Waals surface area contributed by atoms with Crippen molar-refractivity contribution in [3.8, 4) is 0 Å². The van der Waals surface area contributed by atoms with E-state index in [1.165, 1.54) is 11.6 Å². The number of nitrogens with zero attached hydrogens (tertiary/aromatic N) is 1. The van der Waals surface area contributed by atoms with E-state index in [4.69, 9.17) is 4.74 Å². The first-order chi connectivity index (χ1) is 13.1. The van der Waals surface area contributed by atoms with Crippen molar-refractivity contribution in [1.29, 1.82) is 0 Å². The quantitative estimate of drug-likeness (QED) is 0.318. The van der Waals surface area contributed by atoms with Crippen molar-refractivity contribution >= 4 is 45.9 Å². The molecule has 2 aromatic carbocycles. The number of ether oxygens (including phenoxy) is 1. The molecule has 3 rings (SSSR count). The summed E-state index contributed by atoms with van der Waals surface area (Å²) < 4.78 is 20.5. The highest BCUT2D eigenvalue weighted by Gasteiger charge is 2.34. The maximum atomic E-state index is 13.8. The van der Waals surface area contributed by atoms with Gasteiger partial charge < -0.3 is 15.4 Å². The Hall–Kier alpha value is -1.19. The van der Waals surface area contributed by atoms with Gasteiger partial charge in [-0.2, -0.15) is 0 Å². The molecule has 0 aromatic heterocycles. The van der Waals surface area contributed by atoms with E-state index in [0.29, 0.717) is 18.1 Å². The number of nitrogens with one attached hydrogen (secondary N) is 2. The van der Waals surface area contributed by atoms with Gasteiger partial charge in [-0.1, -0.05) is 46.3 Å². The lowest BCUT2D eigenvalue weighted by Crippen LogP contribution is -2.48. The van der Waals surface area contributed by atoms with Gasteiger partial charge in [0.15, 0.2) is 5.96 Å². The van der Waals surface area contributed by atoms with E-state index >= 15 is 0 Å². The van der Waals surface area contributed by atoms with E-state index in [0.717, 1.165) is 37.1 Å². The third-order valence-electron chi connectivity index (χ3n) is 5.13. The zero-order valence-corrected chi connectivity index (χ0v) is 19.8. The van der Waals surface area contributed by atoms with Crippen LogP contribution in [-0.2, 0) is 16.7 Å². The molecule has 152 valence electrons. The van der Waals surface area contributed by atoms with Crippen molar-refractivity contribution in [1.82, 2.24) is 10.6 Å². The number of benzene rings is 2. The maximum absolute atomic E-state index is 13.8. The van der Waals surface area contributed by atoms with Crippen molar-refractivity contribution in [3.63, 3.8) is 0 Å². The number of hydrogen-bond acceptors (Lipinski definition) is 2. The van der Waals surface area contributed by atoms with Gasteiger partial charge in [0.25, 0.3) is 0 Å². The summed E-state index contributed by atoms with van der Waals surface area (Å²) in [6, 6.07) is 15.3. The van der Waals surface area contributed by atoms with Gasteiger partial charge in [-0.3, -0.25) is 4.99 Å². The molecule has 1 saturated heterocycles. The Labute approximate surface area is 191 Å². The van der Waals surface area contributed by atoms with E-state index < -0.39 is 0 Å². The third kappa shape index (κ3) is 5.90. The summed E-state index contributed by atoms with van der Waals surface area (Å²) in [7, 11) is 1.73. The predicted molar refractivity (Wildman–Crippen MR) is 126 cm³/mol. The zero-order chi connectivity index (χ0) is 19.1. The average molecular weight is 562 g/mol. The molecule has 0 saturated carbocycles. The van der Waals surface area contributed by atoms with Crippen LogP contribution >= 0.6 is 39.9 Å². The highest BCUT2D eigenvalue weighted by Crippen LogP contribution is 2.34. The first-order valence-corrected chi connectivity index (χ1v) is 9.94. The fourth-order valence-electron chi connectivity index (χ4n) is 3.43. The molecule has 2 aromatic rings. The Balaban J connectivity index is 0.00000280. The standard InChI is InChI=1S/C21H25BrFN3O.HI/c1-24-20(25-14-16-4-2-3-5-19(16)23)26-15-21(10-12-27-13-11-21)17-6-8-18(22)9-7-17;/h2-9H,10-15H2,1H3,(H2,24,25,26);1H. The molecule has 7 heteroatoms. The Bertz CT molecular complexity index is 779. The van der Waals surface area contributed by atoms with Gasteiger partial charge in [-0.25, -0.2) is 4.39 Å². The van der Waals surface area contributed by atoms with Crippen molar-refractivity contribution in [2.45, 2.75) is 24.8 Å². The summed E-state index contributed by atoms with van der Waals surface area (Å²) in [4.78, 5) is 4.29. The summed E-state index contributed by atoms with van der Waals surface area (Å²) >= 11 is 3.51. The topological polar surface area (TPSA) is 45.7 Å². The minimum Gasteiger partial charge on any atom is -0.381 e. The smallest absolute Gasteiger partial charge is 0.191 e. The molecule has 1 heterocycles. The molecular weight excluding hydrogens is 536 g/mol. The van der Waals surface area contributed by atoms with Crippen LogP contribution in [0.1, 0.15) is 24.0 Å². The summed E-state index contributed by atoms with van der Waals surface area (Å²) in [6.07, 6.45) is 1.90. The second kappa shape index (κ2) is 11.1. The first-order valence-electron chi connectivity index (χ1n) is 9.15. The summed E-state index contributed by atoms with van der Waals surface area (Å²) in [5.41, 5.74) is 1.91. The lowest BCUT2D eigenvalue weighted by atomic mass is 9.74. The number of hydrogen-bond donors (Lipinski definition) is 2. The van der Waals surface area contributed by atoms with Gasteiger partial charge in [0.05, 0.1) is 0 Å². The van der Waals surface area contributed by atoms with Crippen LogP contribution in [0.2, 0.25) is 0 Å². The van der Waals surface area contributed by atoms with Crippen LogP contribution in [0.5, 0.6) is 0 Å². The second-order valence-corrected chi connectivity index (χ2v) is 7.69. The minimum absolute atomic E-state index is 0. The molecule has 0 atom stereocenters. The van der Waals surface area contributed by atoms with Crippen LogP contribution in [0.3, 0.4) is 0 Å². The van der Waals surface area contributed by atoms with E-state index in [9.17, 15) is 4.39 Å². The molecule has 0 aliphatic carbocycles. The Kier molecular flexibility index (Phi) is 9.17. The largest absolute Gasteiger partial charge is 0.381 e. The molecule has 0 unspecified atom stereocenters. The Morgan fingerprint density at radius 3 is 2.43 bits per heavy atom. The zero-order valence-electron chi connectivity index (χ0n) is 15.9. The van der Waals surface area contributed by atoms with Crippen molar-refractivity contribution < 1.29 is 9.13 Å². The van der Waals surface area contributed by atoms with Crippen LogP contribution in [-0.4, -0.2) is 32.8 Å². The van der Waals surface area contributed by atoms with E-state index in [1.54, 1.807) is 19.2 Å². The lowest BCUT2D eigenvalue weighted by molar-refractivity contribution is 0.0514. The normalized spacial score (nSPS) is 16.2. The van der Waals surface area contributed by atoms with Crippen molar-refractivity contribution in [2.75, 3.05) is 26.8 Å². The van der Waals surface area contributed by atoms with E-state index in [1.807, 2.05) is 6.07 Å². The highest BCUT2D eigenvalue weighted by atomic mass is 127. The molecule has 0 radical (unpaired) electrons. The molecule has 0 amide bonds. The summed E-state index contributed by atoms with van der Waals surface area (Å²) in [5.74, 6) is 0.456. The number of halogens is 3. The summed E-state index contributed by atoms with van der Waals surface area (Å²) in [5, 5.41) is 6.64. The number of aliphatic imine (C=N–C) groups is 1.